The van der Waals surface area contributed by atoms with Crippen LogP contribution in [0.4, 0.5) is 5.69 Å². The largest absolute Gasteiger partial charge is 0.507 e. The number of hydrogen-bond acceptors (Lipinski definition) is 3. The summed E-state index contributed by atoms with van der Waals surface area (Å²) in [5.74, 6) is 0.795. The second-order valence-electron chi connectivity index (χ2n) is 7.26. The van der Waals surface area contributed by atoms with Gasteiger partial charge in [-0.05, 0) is 43.2 Å². The second kappa shape index (κ2) is 9.37. The number of carbonyl (C=O) groups is 1. The van der Waals surface area contributed by atoms with E-state index in [0.717, 1.165) is 29.9 Å². The van der Waals surface area contributed by atoms with Gasteiger partial charge in [-0.15, -0.1) is 0 Å². The molecule has 0 saturated carbocycles. The molecule has 0 aromatic heterocycles. The van der Waals surface area contributed by atoms with Crippen molar-refractivity contribution in [2.45, 2.75) is 27.2 Å². The molecule has 0 radical (unpaired) electrons. The number of piperazine rings is 1. The molecule has 0 spiro atoms. The Labute approximate surface area is 172 Å². The number of amidine groups is 1. The standard InChI is InChI=1S/C23H28N4O2/c1-4-22(29)27-13-11-26(12-14-27)16-24-23(19-7-5-6-8-21(19)28)25-20-15-17(2)9-10-18(20)3/h5-10,15-16,28H,4,11-14H2,1-3H3. The molecule has 1 fully saturated rings. The summed E-state index contributed by atoms with van der Waals surface area (Å²) in [6, 6.07) is 13.2. The number of nitrogens with zero attached hydrogens (tertiary/aromatic N) is 4. The zero-order valence-corrected chi connectivity index (χ0v) is 17.3. The Balaban J connectivity index is 1.86. The van der Waals surface area contributed by atoms with Gasteiger partial charge < -0.3 is 14.9 Å². The van der Waals surface area contributed by atoms with Crippen molar-refractivity contribution < 1.29 is 9.90 Å². The molecular weight excluding hydrogens is 364 g/mol. The predicted molar refractivity (Wildman–Crippen MR) is 117 cm³/mol. The summed E-state index contributed by atoms with van der Waals surface area (Å²) in [6.45, 7) is 8.77. The lowest BCUT2D eigenvalue weighted by Crippen LogP contribution is -2.48. The third kappa shape index (κ3) is 5.22. The van der Waals surface area contributed by atoms with Gasteiger partial charge in [0.2, 0.25) is 5.91 Å². The van der Waals surface area contributed by atoms with Crippen LogP contribution in [-0.2, 0) is 4.79 Å². The molecule has 1 aliphatic rings. The summed E-state index contributed by atoms with van der Waals surface area (Å²) in [6.07, 6.45) is 2.30. The number of aliphatic imine (C=N–C) groups is 2. The number of para-hydroxylation sites is 1. The van der Waals surface area contributed by atoms with E-state index in [0.29, 0.717) is 30.9 Å². The highest BCUT2D eigenvalue weighted by molar-refractivity contribution is 6.06. The van der Waals surface area contributed by atoms with Crippen molar-refractivity contribution in [2.24, 2.45) is 9.98 Å². The predicted octanol–water partition coefficient (Wildman–Crippen LogP) is 3.67. The number of aryl methyl sites for hydroxylation is 2. The Morgan fingerprint density at radius 1 is 1.10 bits per heavy atom. The molecule has 6 nitrogen and oxygen atoms in total. The van der Waals surface area contributed by atoms with Crippen LogP contribution in [0, 0.1) is 13.8 Å². The van der Waals surface area contributed by atoms with E-state index in [1.54, 1.807) is 18.5 Å². The van der Waals surface area contributed by atoms with Gasteiger partial charge >= 0.3 is 0 Å². The molecule has 6 heteroatoms. The van der Waals surface area contributed by atoms with E-state index in [1.165, 1.54) is 0 Å². The van der Waals surface area contributed by atoms with Crippen molar-refractivity contribution in [1.82, 2.24) is 9.80 Å². The molecule has 3 rings (SSSR count). The molecule has 1 saturated heterocycles. The van der Waals surface area contributed by atoms with Gasteiger partial charge in [0.05, 0.1) is 17.6 Å². The number of aromatic hydroxyl groups is 1. The Kier molecular flexibility index (Phi) is 6.65. The first-order valence-electron chi connectivity index (χ1n) is 9.98. The highest BCUT2D eigenvalue weighted by atomic mass is 16.3. The minimum atomic E-state index is 0.145. The fourth-order valence-electron chi connectivity index (χ4n) is 3.22. The first kappa shape index (κ1) is 20.6. The van der Waals surface area contributed by atoms with Crippen LogP contribution in [0.5, 0.6) is 5.75 Å². The highest BCUT2D eigenvalue weighted by Gasteiger charge is 2.18. The van der Waals surface area contributed by atoms with Crippen molar-refractivity contribution >= 4 is 23.8 Å². The van der Waals surface area contributed by atoms with Crippen LogP contribution in [-0.4, -0.2) is 59.2 Å². The summed E-state index contributed by atoms with van der Waals surface area (Å²) < 4.78 is 0. The zero-order chi connectivity index (χ0) is 20.8. The molecular formula is C23H28N4O2. The third-order valence-electron chi connectivity index (χ3n) is 5.05. The first-order valence-corrected chi connectivity index (χ1v) is 9.98. The van der Waals surface area contributed by atoms with Gasteiger partial charge in [0.1, 0.15) is 5.75 Å². The summed E-state index contributed by atoms with van der Waals surface area (Å²) in [4.78, 5) is 25.2. The smallest absolute Gasteiger partial charge is 0.222 e. The SMILES string of the molecule is CCC(=O)N1CCN(C=NC(=Nc2cc(C)ccc2C)c2ccccc2O)CC1. The Morgan fingerprint density at radius 2 is 1.83 bits per heavy atom. The lowest BCUT2D eigenvalue weighted by molar-refractivity contribution is -0.132. The molecule has 0 bridgehead atoms. The van der Waals surface area contributed by atoms with Gasteiger partial charge in [-0.2, -0.15) is 0 Å². The second-order valence-corrected chi connectivity index (χ2v) is 7.26. The third-order valence-corrected chi connectivity index (χ3v) is 5.05. The van der Waals surface area contributed by atoms with E-state index >= 15 is 0 Å². The van der Waals surface area contributed by atoms with Gasteiger partial charge in [0.25, 0.3) is 0 Å². The van der Waals surface area contributed by atoms with E-state index in [-0.39, 0.29) is 11.7 Å². The molecule has 2 aromatic carbocycles. The molecule has 1 N–H and O–H groups in total. The van der Waals surface area contributed by atoms with Crippen molar-refractivity contribution in [3.05, 3.63) is 59.2 Å². The monoisotopic (exact) mass is 392 g/mol. The maximum atomic E-state index is 11.9. The van der Waals surface area contributed by atoms with E-state index in [2.05, 4.69) is 9.89 Å². The maximum Gasteiger partial charge on any atom is 0.222 e. The molecule has 0 aliphatic carbocycles. The number of hydrogen-bond donors (Lipinski definition) is 1. The fraction of sp³-hybridized carbons (Fsp3) is 0.348. The summed E-state index contributed by atoms with van der Waals surface area (Å²) in [5, 5.41) is 10.3. The van der Waals surface area contributed by atoms with Crippen LogP contribution in [0.15, 0.2) is 52.4 Å². The summed E-state index contributed by atoms with van der Waals surface area (Å²) in [5.41, 5.74) is 3.58. The molecule has 1 amide bonds. The number of phenolic OH excluding ortho intramolecular Hbond substituents is 1. The maximum absolute atomic E-state index is 11.9. The molecule has 0 unspecified atom stereocenters. The number of carbonyl (C=O) groups excluding carboxylic acids is 1. The van der Waals surface area contributed by atoms with Crippen molar-refractivity contribution in [3.63, 3.8) is 0 Å². The van der Waals surface area contributed by atoms with Crippen LogP contribution < -0.4 is 0 Å². The number of phenols is 1. The average molecular weight is 393 g/mol. The van der Waals surface area contributed by atoms with Crippen LogP contribution in [0.25, 0.3) is 0 Å². The molecule has 2 aromatic rings. The minimum absolute atomic E-state index is 0.145. The van der Waals surface area contributed by atoms with Gasteiger partial charge in [-0.1, -0.05) is 31.2 Å². The van der Waals surface area contributed by atoms with Gasteiger partial charge in [-0.3, -0.25) is 4.79 Å². The molecule has 29 heavy (non-hydrogen) atoms. The quantitative estimate of drug-likeness (QED) is 0.638. The number of rotatable bonds is 4. The first-order chi connectivity index (χ1) is 14.0. The number of benzene rings is 2. The van der Waals surface area contributed by atoms with Crippen LogP contribution in [0.3, 0.4) is 0 Å². The number of amides is 1. The molecule has 0 atom stereocenters. The van der Waals surface area contributed by atoms with Crippen molar-refractivity contribution in [2.75, 3.05) is 26.2 Å². The molecule has 1 aliphatic heterocycles. The van der Waals surface area contributed by atoms with Crippen LogP contribution in [0.2, 0.25) is 0 Å². The Bertz CT molecular complexity index is 928. The van der Waals surface area contributed by atoms with E-state index < -0.39 is 0 Å². The minimum Gasteiger partial charge on any atom is -0.507 e. The lowest BCUT2D eigenvalue weighted by Gasteiger charge is -2.33. The van der Waals surface area contributed by atoms with E-state index in [4.69, 9.17) is 4.99 Å². The van der Waals surface area contributed by atoms with Gasteiger partial charge in [-0.25, -0.2) is 9.98 Å². The molecule has 152 valence electrons. The fourth-order valence-corrected chi connectivity index (χ4v) is 3.22. The highest BCUT2D eigenvalue weighted by Crippen LogP contribution is 2.24. The average Bonchev–Trinajstić information content (AvgIpc) is 2.74. The summed E-state index contributed by atoms with van der Waals surface area (Å²) in [7, 11) is 0. The summed E-state index contributed by atoms with van der Waals surface area (Å²) >= 11 is 0. The molecule has 1 heterocycles. The Morgan fingerprint density at radius 3 is 2.52 bits per heavy atom. The van der Waals surface area contributed by atoms with Crippen LogP contribution >= 0.6 is 0 Å². The normalized spacial score (nSPS) is 15.2. The Hall–Kier alpha value is -3.15. The van der Waals surface area contributed by atoms with Gasteiger partial charge in [0.15, 0.2) is 5.84 Å². The lowest BCUT2D eigenvalue weighted by atomic mass is 10.1. The van der Waals surface area contributed by atoms with E-state index in [9.17, 15) is 9.90 Å². The van der Waals surface area contributed by atoms with Crippen LogP contribution in [0.1, 0.15) is 30.0 Å². The van der Waals surface area contributed by atoms with Crippen molar-refractivity contribution in [1.29, 1.82) is 0 Å². The van der Waals surface area contributed by atoms with Crippen molar-refractivity contribution in [3.8, 4) is 5.75 Å². The zero-order valence-electron chi connectivity index (χ0n) is 17.3. The van der Waals surface area contributed by atoms with Gasteiger partial charge in [0, 0.05) is 32.6 Å². The topological polar surface area (TPSA) is 68.5 Å². The van der Waals surface area contributed by atoms with E-state index in [1.807, 2.05) is 56.0 Å².